The van der Waals surface area contributed by atoms with Gasteiger partial charge in [0.05, 0.1) is 32.6 Å². The first kappa shape index (κ1) is 45.1. The molecule has 1 amide bonds. The SMILES string of the molecule is Cc1cn([C@H]2C[C@H](NC(=O)CNC(=S)Nc3ccc(-c4c5ccc(=O)cc-5oc5cc(O)ccc45)c(C(=O)O)c3)[C@@H](COP(=O)([O-])OP(=O)([O-])OP(=O)([O-])[O-])O2)c(=O)[nH]c1=O. The standard InChI is InChI=1S/C33H32N5O19P3S/c1-15-13-38(33(45)37-30(15)42)28-11-23(26(55-28)14-53-59(49,50)57-60(51,52)56-58(46,47)48)36-27(41)12-34-32(61)35-16-2-5-19(22(8-16)31(43)44)29-20-6-3-17(39)9-24(20)54-25-10-18(40)4-7-21(25)29/h2-10,13,23,26,28,39H,11-12,14H2,1H3,(H,36,41)(H,43,44)(H,49,50)(H,51,52)(H2,34,35,61)(H,37,42,45)(H2,46,47,48)/p-4/t23-,26+,28+/m0/s1. The van der Waals surface area contributed by atoms with E-state index < -0.39 is 78.1 Å². The van der Waals surface area contributed by atoms with Crippen LogP contribution in [0.3, 0.4) is 0 Å². The van der Waals surface area contributed by atoms with Crippen molar-refractivity contribution in [3.8, 4) is 28.2 Å². The van der Waals surface area contributed by atoms with Crippen molar-refractivity contribution in [2.75, 3.05) is 18.5 Å². The summed E-state index contributed by atoms with van der Waals surface area (Å²) in [6, 6.07) is 11.2. The highest BCUT2D eigenvalue weighted by Gasteiger charge is 2.39. The first-order valence-electron chi connectivity index (χ1n) is 17.1. The third kappa shape index (κ3) is 11.1. The molecule has 324 valence electrons. The molecule has 0 spiro atoms. The highest BCUT2D eigenvalue weighted by molar-refractivity contribution is 7.80. The van der Waals surface area contributed by atoms with Crippen LogP contribution in [0.5, 0.6) is 5.75 Å². The number of H-pyrrole nitrogens is 1. The van der Waals surface area contributed by atoms with Gasteiger partial charge in [0.15, 0.2) is 10.5 Å². The van der Waals surface area contributed by atoms with E-state index >= 15 is 0 Å². The number of carbonyl (C=O) groups is 2. The van der Waals surface area contributed by atoms with Gasteiger partial charge in [-0.25, -0.2) is 13.9 Å². The topological polar surface area (TPSA) is 376 Å². The van der Waals surface area contributed by atoms with E-state index in [2.05, 4.69) is 29.1 Å². The molecule has 1 fully saturated rings. The van der Waals surface area contributed by atoms with Crippen molar-refractivity contribution in [1.29, 1.82) is 0 Å². The van der Waals surface area contributed by atoms with Crippen LogP contribution in [0.2, 0.25) is 0 Å². The van der Waals surface area contributed by atoms with Crippen LogP contribution in [0.25, 0.3) is 33.4 Å². The number of aromatic nitrogens is 2. The number of carbonyl (C=O) groups excluding carboxylic acids is 1. The molecule has 24 nitrogen and oxygen atoms in total. The van der Waals surface area contributed by atoms with Crippen molar-refractivity contribution in [2.45, 2.75) is 31.7 Å². The number of rotatable bonds is 14. The maximum absolute atomic E-state index is 13.1. The Labute approximate surface area is 345 Å². The van der Waals surface area contributed by atoms with E-state index in [1.54, 1.807) is 0 Å². The molecule has 2 aliphatic heterocycles. The van der Waals surface area contributed by atoms with Gasteiger partial charge in [-0.1, -0.05) is 6.07 Å². The summed E-state index contributed by atoms with van der Waals surface area (Å²) in [6.07, 6.45) is -1.95. The molecule has 3 aliphatic rings. The van der Waals surface area contributed by atoms with Gasteiger partial charge < -0.3 is 64.0 Å². The molecule has 0 bridgehead atoms. The number of nitrogens with one attached hydrogen (secondary N) is 4. The number of amides is 1. The molecule has 6 rings (SSSR count). The molecule has 28 heteroatoms. The van der Waals surface area contributed by atoms with Crippen molar-refractivity contribution >= 4 is 69.3 Å². The average Bonchev–Trinajstić information content (AvgIpc) is 3.54. The summed E-state index contributed by atoms with van der Waals surface area (Å²) >= 11 is 5.30. The molecule has 2 aromatic carbocycles. The number of carboxylic acids is 1. The highest BCUT2D eigenvalue weighted by Crippen LogP contribution is 2.60. The van der Waals surface area contributed by atoms with E-state index in [4.69, 9.17) is 21.4 Å². The molecule has 5 atom stereocenters. The summed E-state index contributed by atoms with van der Waals surface area (Å²) in [4.78, 5) is 110. The van der Waals surface area contributed by atoms with Crippen molar-refractivity contribution in [1.82, 2.24) is 20.2 Å². The second kappa shape index (κ2) is 17.5. The molecule has 0 saturated carbocycles. The van der Waals surface area contributed by atoms with Crippen molar-refractivity contribution in [3.63, 3.8) is 0 Å². The Morgan fingerprint density at radius 1 is 0.984 bits per heavy atom. The Morgan fingerprint density at radius 3 is 2.41 bits per heavy atom. The number of hydrogen-bond acceptors (Lipinski definition) is 19. The van der Waals surface area contributed by atoms with Gasteiger partial charge in [-0.05, 0) is 61.1 Å². The molecule has 0 radical (unpaired) electrons. The number of thiocarbonyl (C=S) groups is 1. The number of phosphoric acid groups is 3. The van der Waals surface area contributed by atoms with Gasteiger partial charge in [-0.3, -0.25) is 37.4 Å². The number of phosphoric ester groups is 1. The molecule has 3 aromatic rings. The maximum Gasteiger partial charge on any atom is 0.336 e. The molecule has 61 heavy (non-hydrogen) atoms. The van der Waals surface area contributed by atoms with Gasteiger partial charge in [0.1, 0.15) is 29.4 Å². The van der Waals surface area contributed by atoms with Gasteiger partial charge >= 0.3 is 11.7 Å². The smallest absolute Gasteiger partial charge is 0.336 e. The van der Waals surface area contributed by atoms with Gasteiger partial charge in [-0.15, -0.1) is 0 Å². The number of aromatic hydroxyl groups is 1. The largest absolute Gasteiger partial charge is 0.790 e. The molecular weight excluding hydrogens is 895 g/mol. The first-order chi connectivity index (χ1) is 28.5. The van der Waals surface area contributed by atoms with E-state index in [0.29, 0.717) is 16.5 Å². The zero-order valence-electron chi connectivity index (χ0n) is 30.7. The normalized spacial score (nSPS) is 18.6. The van der Waals surface area contributed by atoms with E-state index in [9.17, 15) is 67.5 Å². The minimum Gasteiger partial charge on any atom is -0.790 e. The Balaban J connectivity index is 1.16. The predicted molar refractivity (Wildman–Crippen MR) is 205 cm³/mol. The second-order valence-corrected chi connectivity index (χ2v) is 17.7. The monoisotopic (exact) mass is 923 g/mol. The average molecular weight is 924 g/mol. The summed E-state index contributed by atoms with van der Waals surface area (Å²) in [5.74, 6) is -2.17. The van der Waals surface area contributed by atoms with Crippen molar-refractivity contribution in [2.24, 2.45) is 0 Å². The van der Waals surface area contributed by atoms with Gasteiger partial charge in [0.25, 0.3) is 21.2 Å². The number of ether oxygens (including phenoxy) is 1. The Kier molecular flexibility index (Phi) is 13.0. The molecule has 6 N–H and O–H groups in total. The fourth-order valence-electron chi connectivity index (χ4n) is 6.22. The minimum atomic E-state index is -6.31. The summed E-state index contributed by atoms with van der Waals surface area (Å²) in [5.41, 5.74) is -0.854. The molecule has 1 aromatic heterocycles. The lowest BCUT2D eigenvalue weighted by molar-refractivity contribution is -0.339. The third-order valence-electron chi connectivity index (χ3n) is 8.70. The van der Waals surface area contributed by atoms with Crippen LogP contribution in [-0.2, 0) is 36.4 Å². The quantitative estimate of drug-likeness (QED) is 0.0473. The Morgan fingerprint density at radius 2 is 1.70 bits per heavy atom. The number of fused-ring (bicyclic) bond motifs is 2. The number of benzene rings is 3. The zero-order valence-corrected chi connectivity index (χ0v) is 34.2. The lowest BCUT2D eigenvalue weighted by atomic mass is 9.90. The van der Waals surface area contributed by atoms with Crippen LogP contribution in [-0.4, -0.2) is 62.1 Å². The Hall–Kier alpha value is -5.39. The molecular formula is C33H28N5O19P3S-4. The number of nitrogens with zero attached hydrogens (tertiary/aromatic N) is 1. The summed E-state index contributed by atoms with van der Waals surface area (Å²) < 4.78 is 58.2. The Bertz CT molecular complexity index is 2880. The van der Waals surface area contributed by atoms with Crippen molar-refractivity contribution in [3.05, 3.63) is 103 Å². The van der Waals surface area contributed by atoms with Crippen LogP contribution in [0.15, 0.2) is 79.6 Å². The van der Waals surface area contributed by atoms with E-state index in [1.807, 2.05) is 4.98 Å². The maximum atomic E-state index is 13.1. The van der Waals surface area contributed by atoms with Crippen LogP contribution in [0, 0.1) is 6.92 Å². The summed E-state index contributed by atoms with van der Waals surface area (Å²) in [6.45, 7) is -0.333. The number of aryl methyl sites for hydroxylation is 1. The van der Waals surface area contributed by atoms with Gasteiger partial charge in [0, 0.05) is 52.5 Å². The second-order valence-electron chi connectivity index (χ2n) is 13.0. The van der Waals surface area contributed by atoms with E-state index in [1.165, 1.54) is 61.5 Å². The number of anilines is 1. The zero-order chi connectivity index (χ0) is 44.6. The van der Waals surface area contributed by atoms with Gasteiger partial charge in [-0.2, -0.15) is 0 Å². The predicted octanol–water partition coefficient (Wildman–Crippen LogP) is -0.299. The number of phenolic OH excluding ortho intramolecular Hbond substituents is 1. The van der Waals surface area contributed by atoms with Crippen LogP contribution in [0.4, 0.5) is 5.69 Å². The minimum absolute atomic E-state index is 0.0644. The third-order valence-corrected chi connectivity index (χ3v) is 12.6. The van der Waals surface area contributed by atoms with E-state index in [0.717, 1.165) is 10.8 Å². The van der Waals surface area contributed by atoms with Crippen LogP contribution < -0.4 is 52.2 Å². The number of carboxylic acid groups (broad SMARTS) is 1. The molecule has 3 heterocycles. The summed E-state index contributed by atoms with van der Waals surface area (Å²) in [7, 11) is -18.6. The fourth-order valence-corrected chi connectivity index (χ4v) is 9.27. The van der Waals surface area contributed by atoms with Gasteiger partial charge in [0.2, 0.25) is 5.91 Å². The number of aromatic carboxylic acids is 1. The molecule has 1 saturated heterocycles. The molecule has 1 aliphatic carbocycles. The number of hydrogen-bond donors (Lipinski definition) is 6. The van der Waals surface area contributed by atoms with Crippen LogP contribution in [0.1, 0.15) is 28.6 Å². The summed E-state index contributed by atoms with van der Waals surface area (Å²) in [5, 5.41) is 28.4. The molecule has 2 unspecified atom stereocenters. The van der Waals surface area contributed by atoms with Crippen LogP contribution >= 0.6 is 35.7 Å². The highest BCUT2D eigenvalue weighted by atomic mass is 32.1. The van der Waals surface area contributed by atoms with E-state index in [-0.39, 0.29) is 56.4 Å². The fraction of sp³-hybridized carbons (Fsp3) is 0.212. The van der Waals surface area contributed by atoms with Crippen molar-refractivity contribution < 1.29 is 75.4 Å². The number of aromatic amines is 1. The number of phenols is 1. The first-order valence-corrected chi connectivity index (χ1v) is 21.9. The lowest BCUT2D eigenvalue weighted by Crippen LogP contribution is -2.47. The lowest BCUT2D eigenvalue weighted by Gasteiger charge is -2.37.